The van der Waals surface area contributed by atoms with Crippen LogP contribution in [0.5, 0.6) is 0 Å². The molecule has 0 bridgehead atoms. The lowest BCUT2D eigenvalue weighted by molar-refractivity contribution is 0.0757. The molecule has 5 rings (SSSR count). The Morgan fingerprint density at radius 3 is 2.11 bits per heavy atom. The number of unbranched alkanes of at least 4 members (excludes halogenated alkanes) is 1. The number of thioether (sulfide) groups is 1. The van der Waals surface area contributed by atoms with Gasteiger partial charge in [0.2, 0.25) is 0 Å². The molecule has 4 nitrogen and oxygen atoms in total. The molecule has 2 aromatic carbocycles. The molecule has 6 heteroatoms. The fraction of sp³-hybridized carbons (Fsp3) is 0.414. The molecule has 2 aliphatic heterocycles. The zero-order valence-electron chi connectivity index (χ0n) is 20.6. The van der Waals surface area contributed by atoms with Crippen LogP contribution in [0.15, 0.2) is 70.9 Å². The SMILES string of the molecule is Cc1cc2c(s1)SCCN(CCCCN1CCN(C(c3ccccc3)c3ccccc3)CC1)C2=O. The highest BCUT2D eigenvalue weighted by atomic mass is 32.2. The van der Waals surface area contributed by atoms with Crippen LogP contribution in [0.3, 0.4) is 0 Å². The van der Waals surface area contributed by atoms with E-state index in [9.17, 15) is 4.79 Å². The van der Waals surface area contributed by atoms with Crippen LogP contribution in [-0.2, 0) is 0 Å². The maximum absolute atomic E-state index is 13.0. The van der Waals surface area contributed by atoms with Crippen molar-refractivity contribution in [1.82, 2.24) is 14.7 Å². The summed E-state index contributed by atoms with van der Waals surface area (Å²) in [6, 6.07) is 24.2. The number of hydrogen-bond donors (Lipinski definition) is 0. The van der Waals surface area contributed by atoms with E-state index < -0.39 is 0 Å². The Hall–Kier alpha value is -2.12. The van der Waals surface area contributed by atoms with Gasteiger partial charge in [-0.15, -0.1) is 23.1 Å². The largest absolute Gasteiger partial charge is 0.338 e. The minimum Gasteiger partial charge on any atom is -0.338 e. The van der Waals surface area contributed by atoms with Gasteiger partial charge in [0.05, 0.1) is 15.8 Å². The highest BCUT2D eigenvalue weighted by Gasteiger charge is 2.27. The van der Waals surface area contributed by atoms with Crippen LogP contribution < -0.4 is 0 Å². The Kier molecular flexibility index (Phi) is 8.24. The van der Waals surface area contributed by atoms with Crippen molar-refractivity contribution in [2.45, 2.75) is 30.0 Å². The molecule has 35 heavy (non-hydrogen) atoms. The van der Waals surface area contributed by atoms with Crippen molar-refractivity contribution in [1.29, 1.82) is 0 Å². The monoisotopic (exact) mass is 505 g/mol. The quantitative estimate of drug-likeness (QED) is 0.362. The summed E-state index contributed by atoms with van der Waals surface area (Å²) in [5, 5.41) is 0. The lowest BCUT2D eigenvalue weighted by Crippen LogP contribution is -2.48. The fourth-order valence-corrected chi connectivity index (χ4v) is 7.66. The first-order chi connectivity index (χ1) is 17.2. The smallest absolute Gasteiger partial charge is 0.255 e. The molecule has 0 unspecified atom stereocenters. The Morgan fingerprint density at radius 1 is 0.829 bits per heavy atom. The van der Waals surface area contributed by atoms with Crippen LogP contribution in [0.25, 0.3) is 0 Å². The van der Waals surface area contributed by atoms with Crippen molar-refractivity contribution in [2.24, 2.45) is 0 Å². The second kappa shape index (κ2) is 11.7. The Morgan fingerprint density at radius 2 is 1.46 bits per heavy atom. The third-order valence-electron chi connectivity index (χ3n) is 7.09. The number of piperazine rings is 1. The molecule has 3 heterocycles. The van der Waals surface area contributed by atoms with Crippen molar-refractivity contribution in [2.75, 3.05) is 51.6 Å². The summed E-state index contributed by atoms with van der Waals surface area (Å²) >= 11 is 3.60. The highest BCUT2D eigenvalue weighted by molar-refractivity contribution is 8.01. The predicted molar refractivity (Wildman–Crippen MR) is 148 cm³/mol. The zero-order valence-corrected chi connectivity index (χ0v) is 22.2. The molecule has 3 aromatic rings. The van der Waals surface area contributed by atoms with Crippen molar-refractivity contribution in [3.63, 3.8) is 0 Å². The number of benzene rings is 2. The maximum Gasteiger partial charge on any atom is 0.255 e. The third-order valence-corrected chi connectivity index (χ3v) is 9.41. The van der Waals surface area contributed by atoms with Crippen molar-refractivity contribution in [3.8, 4) is 0 Å². The van der Waals surface area contributed by atoms with Crippen LogP contribution in [0.1, 0.15) is 45.2 Å². The van der Waals surface area contributed by atoms with Gasteiger partial charge in [-0.25, -0.2) is 0 Å². The second-order valence-corrected chi connectivity index (χ2v) is 12.1. The number of hydrogen-bond acceptors (Lipinski definition) is 5. The van der Waals surface area contributed by atoms with Crippen LogP contribution in [0.2, 0.25) is 0 Å². The van der Waals surface area contributed by atoms with Gasteiger partial charge >= 0.3 is 0 Å². The van der Waals surface area contributed by atoms with Crippen LogP contribution in [0.4, 0.5) is 0 Å². The van der Waals surface area contributed by atoms with E-state index >= 15 is 0 Å². The molecule has 0 aliphatic carbocycles. The molecular formula is C29H35N3OS2. The van der Waals surface area contributed by atoms with Gasteiger partial charge in [0.1, 0.15) is 0 Å². The average molecular weight is 506 g/mol. The molecule has 0 N–H and O–H groups in total. The molecule has 1 amide bonds. The Balaban J connectivity index is 1.11. The van der Waals surface area contributed by atoms with Crippen LogP contribution in [0, 0.1) is 6.92 Å². The topological polar surface area (TPSA) is 26.8 Å². The minimum atomic E-state index is 0.232. The number of nitrogens with zero attached hydrogens (tertiary/aromatic N) is 3. The average Bonchev–Trinajstić information content (AvgIpc) is 3.21. The van der Waals surface area contributed by atoms with E-state index in [-0.39, 0.29) is 5.91 Å². The number of fused-ring (bicyclic) bond motifs is 1. The van der Waals surface area contributed by atoms with Gasteiger partial charge in [-0.2, -0.15) is 0 Å². The van der Waals surface area contributed by atoms with E-state index in [1.807, 2.05) is 11.8 Å². The first-order valence-corrected chi connectivity index (χ1v) is 14.6. The molecular weight excluding hydrogens is 470 g/mol. The molecule has 184 valence electrons. The zero-order chi connectivity index (χ0) is 24.0. The third kappa shape index (κ3) is 6.00. The van der Waals surface area contributed by atoms with Gasteiger partial charge in [-0.1, -0.05) is 60.7 Å². The first-order valence-electron chi connectivity index (χ1n) is 12.8. The van der Waals surface area contributed by atoms with Gasteiger partial charge in [0.25, 0.3) is 5.91 Å². The standard InChI is InChI=1S/C29H35N3OS2/c1-23-22-26-28(33)32(20-21-34-29(26)35-23)15-9-8-14-30-16-18-31(19-17-30)27(24-10-4-2-5-11-24)25-12-6-3-7-13-25/h2-7,10-13,22,27H,8-9,14-21H2,1H3. The van der Waals surface area contributed by atoms with Crippen LogP contribution >= 0.6 is 23.1 Å². The maximum atomic E-state index is 13.0. The number of amides is 1. The minimum absolute atomic E-state index is 0.232. The predicted octanol–water partition coefficient (Wildman–Crippen LogP) is 5.79. The van der Waals surface area contributed by atoms with Crippen molar-refractivity contribution in [3.05, 3.63) is 88.3 Å². The summed E-state index contributed by atoms with van der Waals surface area (Å²) in [6.45, 7) is 9.32. The van der Waals surface area contributed by atoms with Gasteiger partial charge in [0.15, 0.2) is 0 Å². The molecule has 0 spiro atoms. The van der Waals surface area contributed by atoms with E-state index in [1.165, 1.54) is 20.2 Å². The molecule has 2 aliphatic rings. The number of carbonyl (C=O) groups is 1. The Bertz CT molecular complexity index is 1050. The fourth-order valence-electron chi connectivity index (χ4n) is 5.25. The summed E-state index contributed by atoms with van der Waals surface area (Å²) < 4.78 is 1.21. The van der Waals surface area contributed by atoms with Gasteiger partial charge < -0.3 is 9.80 Å². The molecule has 0 saturated carbocycles. The summed E-state index contributed by atoms with van der Waals surface area (Å²) in [5.41, 5.74) is 3.67. The normalized spacial score (nSPS) is 17.5. The van der Waals surface area contributed by atoms with E-state index in [0.29, 0.717) is 6.04 Å². The number of carbonyl (C=O) groups excluding carboxylic acids is 1. The van der Waals surface area contributed by atoms with Crippen molar-refractivity contribution >= 4 is 29.0 Å². The second-order valence-electron chi connectivity index (χ2n) is 9.51. The summed E-state index contributed by atoms with van der Waals surface area (Å²) in [4.78, 5) is 21.5. The van der Waals surface area contributed by atoms with Gasteiger partial charge in [-0.05, 0) is 43.5 Å². The number of thiophene rings is 1. The van der Waals surface area contributed by atoms with E-state index in [2.05, 4.69) is 88.4 Å². The molecule has 1 saturated heterocycles. The van der Waals surface area contributed by atoms with E-state index in [4.69, 9.17) is 0 Å². The number of rotatable bonds is 8. The molecule has 0 atom stereocenters. The van der Waals surface area contributed by atoms with E-state index in [0.717, 1.165) is 70.0 Å². The summed E-state index contributed by atoms with van der Waals surface area (Å²) in [5.74, 6) is 1.24. The first kappa shape index (κ1) is 24.6. The lowest BCUT2D eigenvalue weighted by Gasteiger charge is -2.40. The molecule has 1 aromatic heterocycles. The highest BCUT2D eigenvalue weighted by Crippen LogP contribution is 2.35. The summed E-state index contributed by atoms with van der Waals surface area (Å²) in [6.07, 6.45) is 2.22. The Labute approximate surface area is 217 Å². The number of aryl methyl sites for hydroxylation is 1. The lowest BCUT2D eigenvalue weighted by atomic mass is 9.96. The molecule has 0 radical (unpaired) electrons. The molecule has 1 fully saturated rings. The van der Waals surface area contributed by atoms with Crippen LogP contribution in [-0.4, -0.2) is 72.2 Å². The van der Waals surface area contributed by atoms with Gasteiger partial charge in [0, 0.05) is 49.9 Å². The summed E-state index contributed by atoms with van der Waals surface area (Å²) in [7, 11) is 0. The van der Waals surface area contributed by atoms with Gasteiger partial charge in [-0.3, -0.25) is 9.69 Å². The van der Waals surface area contributed by atoms with E-state index in [1.54, 1.807) is 11.3 Å². The van der Waals surface area contributed by atoms with Crippen molar-refractivity contribution < 1.29 is 4.79 Å².